The second-order valence-electron chi connectivity index (χ2n) is 1.50. The van der Waals surface area contributed by atoms with Gasteiger partial charge in [-0.15, -0.1) is 0 Å². The molecule has 8 heavy (non-hydrogen) atoms. The predicted molar refractivity (Wildman–Crippen MR) is 35.7 cm³/mol. The summed E-state index contributed by atoms with van der Waals surface area (Å²) in [6.07, 6.45) is -0.367. The minimum Gasteiger partial charge on any atom is -0.440 e. The van der Waals surface area contributed by atoms with Crippen molar-refractivity contribution in [3.63, 3.8) is 0 Å². The molecule has 46 valence electrons. The van der Waals surface area contributed by atoms with Crippen molar-refractivity contribution in [3.8, 4) is 0 Å². The summed E-state index contributed by atoms with van der Waals surface area (Å²) in [5, 5.41) is 0. The number of amides is 1. The maximum absolute atomic E-state index is 10.4. The second kappa shape index (κ2) is 2.11. The van der Waals surface area contributed by atoms with Crippen LogP contribution in [-0.2, 0) is 4.74 Å². The Morgan fingerprint density at radius 3 is 2.75 bits per heavy atom. The molecule has 3 nitrogen and oxygen atoms in total. The minimum atomic E-state index is -0.367. The van der Waals surface area contributed by atoms with Gasteiger partial charge in [-0.25, -0.2) is 4.79 Å². The summed E-state index contributed by atoms with van der Waals surface area (Å²) in [5.74, 6) is -0.0833. The maximum Gasteiger partial charge on any atom is 0.420 e. The third-order valence-corrected chi connectivity index (χ3v) is 1.49. The molecule has 0 aromatic carbocycles. The fraction of sp³-hybridized carbons (Fsp3) is 0.667. The number of carbonyl (C=O) groups excluding carboxylic acids is 1. The number of rotatable bonds is 0. The van der Waals surface area contributed by atoms with Gasteiger partial charge in [-0.1, -0.05) is 22.1 Å². The molecule has 0 aromatic rings. The van der Waals surface area contributed by atoms with E-state index < -0.39 is 0 Å². The van der Waals surface area contributed by atoms with Gasteiger partial charge in [0.25, 0.3) is 0 Å². The van der Waals surface area contributed by atoms with Gasteiger partial charge >= 0.3 is 6.09 Å². The first-order valence-electron chi connectivity index (χ1n) is 2.13. The monoisotopic (exact) mass is 151 g/mol. The van der Waals surface area contributed by atoms with Crippen LogP contribution in [0.2, 0.25) is 0 Å². The van der Waals surface area contributed by atoms with Gasteiger partial charge in [-0.05, 0) is 0 Å². The Bertz CT molecular complexity index is 120. The van der Waals surface area contributed by atoms with E-state index in [1.807, 2.05) is 0 Å². The van der Waals surface area contributed by atoms with Crippen molar-refractivity contribution in [2.24, 2.45) is 0 Å². The highest BCUT2D eigenvalue weighted by Gasteiger charge is 2.25. The normalized spacial score (nSPS) is 28.5. The zero-order chi connectivity index (χ0) is 6.15. The molecule has 1 aliphatic rings. The number of cyclic esters (lactones) is 1. The van der Waals surface area contributed by atoms with Crippen molar-refractivity contribution in [2.45, 2.75) is 5.85 Å². The van der Waals surface area contributed by atoms with Crippen LogP contribution in [0.3, 0.4) is 0 Å². The molecule has 1 saturated heterocycles. The van der Waals surface area contributed by atoms with Crippen LogP contribution in [0.25, 0.3) is 0 Å². The van der Waals surface area contributed by atoms with Gasteiger partial charge in [0, 0.05) is 0 Å². The highest BCUT2D eigenvalue weighted by Crippen LogP contribution is 2.16. The van der Waals surface area contributed by atoms with Gasteiger partial charge in [0.05, 0.1) is 6.54 Å². The van der Waals surface area contributed by atoms with E-state index in [0.29, 0.717) is 6.54 Å². The van der Waals surface area contributed by atoms with E-state index >= 15 is 0 Å². The van der Waals surface area contributed by atoms with E-state index in [-0.39, 0.29) is 11.9 Å². The van der Waals surface area contributed by atoms with Crippen molar-refractivity contribution in [2.75, 3.05) is 6.54 Å². The second-order valence-corrected chi connectivity index (χ2v) is 2.73. The molecule has 1 fully saturated rings. The van der Waals surface area contributed by atoms with Gasteiger partial charge in [-0.3, -0.25) is 4.31 Å². The van der Waals surface area contributed by atoms with E-state index in [9.17, 15) is 4.79 Å². The summed E-state index contributed by atoms with van der Waals surface area (Å²) >= 11 is 3.79. The van der Waals surface area contributed by atoms with Crippen LogP contribution in [0.1, 0.15) is 0 Å². The van der Waals surface area contributed by atoms with Crippen LogP contribution in [0.5, 0.6) is 0 Å². The number of carbonyl (C=O) groups is 1. The van der Waals surface area contributed by atoms with Crippen LogP contribution in [-0.4, -0.2) is 22.8 Å². The number of ether oxygens (including phenoxy) is 1. The Morgan fingerprint density at radius 2 is 2.62 bits per heavy atom. The molecule has 1 aliphatic heterocycles. The molecule has 1 amide bonds. The minimum absolute atomic E-state index is 0.0833. The zero-order valence-corrected chi connectivity index (χ0v) is 6.12. The lowest BCUT2D eigenvalue weighted by Gasteiger charge is -1.97. The van der Waals surface area contributed by atoms with E-state index in [0.717, 1.165) is 0 Å². The fourth-order valence-corrected chi connectivity index (χ4v) is 1.19. The number of hydrogen-bond acceptors (Lipinski definition) is 3. The Labute approximate surface area is 55.1 Å². The Kier molecular flexibility index (Phi) is 1.63. The molecular weight excluding hydrogens is 145 g/mol. The van der Waals surface area contributed by atoms with Crippen molar-refractivity contribution in [1.29, 1.82) is 0 Å². The molecule has 2 unspecified atom stereocenters. The smallest absolute Gasteiger partial charge is 0.420 e. The standard InChI is InChI=1S/C3H6NO2PS/c5-3-4(8)1-2(7)6-3/h2,8H,1,7H2. The Morgan fingerprint density at radius 1 is 2.00 bits per heavy atom. The fourth-order valence-electron chi connectivity index (χ4n) is 0.473. The van der Waals surface area contributed by atoms with Crippen molar-refractivity contribution < 1.29 is 9.53 Å². The summed E-state index contributed by atoms with van der Waals surface area (Å²) in [4.78, 5) is 10.4. The number of hydrogen-bond donors (Lipinski definition) is 1. The van der Waals surface area contributed by atoms with E-state index in [1.165, 1.54) is 4.31 Å². The van der Waals surface area contributed by atoms with Crippen LogP contribution in [0, 0.1) is 0 Å². The molecule has 0 N–H and O–H groups in total. The lowest BCUT2D eigenvalue weighted by Crippen LogP contribution is -2.11. The van der Waals surface area contributed by atoms with Crippen LogP contribution in [0.15, 0.2) is 0 Å². The maximum atomic E-state index is 10.4. The molecule has 0 aromatic heterocycles. The first-order valence-corrected chi connectivity index (χ1v) is 3.19. The molecule has 0 bridgehead atoms. The molecule has 2 atom stereocenters. The topological polar surface area (TPSA) is 29.5 Å². The van der Waals surface area contributed by atoms with Gasteiger partial charge in [0.2, 0.25) is 0 Å². The number of thiol groups is 1. The third kappa shape index (κ3) is 1.06. The quantitative estimate of drug-likeness (QED) is 0.403. The van der Waals surface area contributed by atoms with Crippen molar-refractivity contribution >= 4 is 28.1 Å². The first kappa shape index (κ1) is 6.17. The number of nitrogens with zero attached hydrogens (tertiary/aromatic N) is 1. The van der Waals surface area contributed by atoms with Crippen molar-refractivity contribution in [1.82, 2.24) is 4.31 Å². The molecule has 0 radical (unpaired) electrons. The average Bonchev–Trinajstić information content (AvgIpc) is 1.85. The van der Waals surface area contributed by atoms with Crippen LogP contribution < -0.4 is 0 Å². The van der Waals surface area contributed by atoms with Gasteiger partial charge in [0.15, 0.2) is 0 Å². The highest BCUT2D eigenvalue weighted by molar-refractivity contribution is 7.78. The summed E-state index contributed by atoms with van der Waals surface area (Å²) in [6, 6.07) is 0. The molecule has 0 saturated carbocycles. The van der Waals surface area contributed by atoms with E-state index in [4.69, 9.17) is 0 Å². The molecular formula is C3H6NO2PS. The SMILES string of the molecule is O=C1OC(P)CN1S. The molecule has 1 heterocycles. The summed E-state index contributed by atoms with van der Waals surface area (Å²) in [5.41, 5.74) is 0. The van der Waals surface area contributed by atoms with Crippen molar-refractivity contribution in [3.05, 3.63) is 0 Å². The first-order chi connectivity index (χ1) is 3.70. The third-order valence-electron chi connectivity index (χ3n) is 0.816. The lowest BCUT2D eigenvalue weighted by atomic mass is 10.7. The van der Waals surface area contributed by atoms with Crippen LogP contribution in [0.4, 0.5) is 4.79 Å². The van der Waals surface area contributed by atoms with Crippen LogP contribution >= 0.6 is 22.1 Å². The molecule has 0 aliphatic carbocycles. The largest absolute Gasteiger partial charge is 0.440 e. The summed E-state index contributed by atoms with van der Waals surface area (Å²) in [6.45, 7) is 0.548. The molecule has 0 spiro atoms. The van der Waals surface area contributed by atoms with Gasteiger partial charge in [-0.2, -0.15) is 0 Å². The Hall–Kier alpha value is 0.0500. The lowest BCUT2D eigenvalue weighted by molar-refractivity contribution is 0.164. The summed E-state index contributed by atoms with van der Waals surface area (Å²) in [7, 11) is 2.39. The summed E-state index contributed by atoms with van der Waals surface area (Å²) < 4.78 is 5.88. The van der Waals surface area contributed by atoms with E-state index in [2.05, 4.69) is 26.8 Å². The zero-order valence-electron chi connectivity index (χ0n) is 4.07. The Balaban J connectivity index is 2.51. The van der Waals surface area contributed by atoms with E-state index in [1.54, 1.807) is 0 Å². The van der Waals surface area contributed by atoms with Gasteiger partial charge < -0.3 is 4.74 Å². The van der Waals surface area contributed by atoms with Gasteiger partial charge in [0.1, 0.15) is 5.85 Å². The predicted octanol–water partition coefficient (Wildman–Crippen LogP) is 0.485. The molecule has 5 heteroatoms. The molecule has 1 rings (SSSR count). The highest BCUT2D eigenvalue weighted by atomic mass is 32.1. The average molecular weight is 151 g/mol.